The van der Waals surface area contributed by atoms with E-state index in [4.69, 9.17) is 0 Å². The Morgan fingerprint density at radius 1 is 1.10 bits per heavy atom. The van der Waals surface area contributed by atoms with Crippen LogP contribution in [-0.4, -0.2) is 21.6 Å². The Balaban J connectivity index is 2.22. The lowest BCUT2D eigenvalue weighted by atomic mass is 10.2. The van der Waals surface area contributed by atoms with Crippen LogP contribution < -0.4 is 4.90 Å². The van der Waals surface area contributed by atoms with E-state index in [9.17, 15) is 5.11 Å². The van der Waals surface area contributed by atoms with Gasteiger partial charge in [0.1, 0.15) is 5.82 Å². The van der Waals surface area contributed by atoms with Crippen LogP contribution in [0.4, 0.5) is 5.82 Å². The quantitative estimate of drug-likeness (QED) is 0.908. The molecular formula is C16H21N3O. The second kappa shape index (κ2) is 6.48. The Kier molecular flexibility index (Phi) is 4.69. The van der Waals surface area contributed by atoms with Crippen LogP contribution in [0.3, 0.4) is 0 Å². The number of aliphatic hydroxyl groups is 1. The van der Waals surface area contributed by atoms with Gasteiger partial charge in [0.2, 0.25) is 0 Å². The number of aromatic nitrogens is 2. The van der Waals surface area contributed by atoms with E-state index >= 15 is 0 Å². The summed E-state index contributed by atoms with van der Waals surface area (Å²) in [5, 5.41) is 9.21. The average Bonchev–Trinajstić information content (AvgIpc) is 2.44. The summed E-state index contributed by atoms with van der Waals surface area (Å²) in [6.45, 7) is 7.66. The van der Waals surface area contributed by atoms with Gasteiger partial charge in [-0.25, -0.2) is 4.98 Å². The average molecular weight is 271 g/mol. The maximum absolute atomic E-state index is 9.21. The normalized spacial score (nSPS) is 10.6. The van der Waals surface area contributed by atoms with Gasteiger partial charge in [0.05, 0.1) is 18.8 Å². The number of pyridine rings is 2. The lowest BCUT2D eigenvalue weighted by Crippen LogP contribution is -2.24. The zero-order valence-corrected chi connectivity index (χ0v) is 12.3. The standard InChI is InChI=1S/C16H21N3O/c1-4-19(10-15-7-5-6-12(2)17-15)16-9-8-14(11-20)13(3)18-16/h5-9,20H,4,10-11H2,1-3H3. The number of hydrogen-bond acceptors (Lipinski definition) is 4. The van der Waals surface area contributed by atoms with Gasteiger partial charge in [0, 0.05) is 17.9 Å². The number of hydrogen-bond donors (Lipinski definition) is 1. The molecule has 0 unspecified atom stereocenters. The third-order valence-electron chi connectivity index (χ3n) is 3.36. The van der Waals surface area contributed by atoms with Crippen LogP contribution in [0, 0.1) is 13.8 Å². The van der Waals surface area contributed by atoms with Crippen LogP contribution in [0.5, 0.6) is 0 Å². The summed E-state index contributed by atoms with van der Waals surface area (Å²) in [6.07, 6.45) is 0. The lowest BCUT2D eigenvalue weighted by Gasteiger charge is -2.22. The molecule has 0 saturated heterocycles. The van der Waals surface area contributed by atoms with Crippen molar-refractivity contribution in [2.45, 2.75) is 33.9 Å². The molecular weight excluding hydrogens is 250 g/mol. The summed E-state index contributed by atoms with van der Waals surface area (Å²) in [4.78, 5) is 11.3. The molecule has 0 amide bonds. The van der Waals surface area contributed by atoms with Gasteiger partial charge in [-0.2, -0.15) is 0 Å². The van der Waals surface area contributed by atoms with Crippen molar-refractivity contribution in [2.75, 3.05) is 11.4 Å². The van der Waals surface area contributed by atoms with Crippen molar-refractivity contribution in [3.05, 3.63) is 53.0 Å². The van der Waals surface area contributed by atoms with Gasteiger partial charge in [-0.15, -0.1) is 0 Å². The zero-order chi connectivity index (χ0) is 14.5. The van der Waals surface area contributed by atoms with E-state index in [1.807, 2.05) is 44.2 Å². The topological polar surface area (TPSA) is 49.2 Å². The molecule has 0 atom stereocenters. The van der Waals surface area contributed by atoms with Gasteiger partial charge in [0.25, 0.3) is 0 Å². The second-order valence-corrected chi connectivity index (χ2v) is 4.86. The third-order valence-corrected chi connectivity index (χ3v) is 3.36. The molecule has 0 fully saturated rings. The highest BCUT2D eigenvalue weighted by Crippen LogP contribution is 2.17. The molecule has 0 saturated carbocycles. The number of anilines is 1. The molecule has 0 spiro atoms. The summed E-state index contributed by atoms with van der Waals surface area (Å²) in [5.41, 5.74) is 3.81. The van der Waals surface area contributed by atoms with Gasteiger partial charge in [-0.3, -0.25) is 4.98 Å². The molecule has 2 aromatic rings. The summed E-state index contributed by atoms with van der Waals surface area (Å²) < 4.78 is 0. The first kappa shape index (κ1) is 14.5. The van der Waals surface area contributed by atoms with Gasteiger partial charge in [-0.1, -0.05) is 12.1 Å². The fourth-order valence-corrected chi connectivity index (χ4v) is 2.16. The molecule has 0 aromatic carbocycles. The van der Waals surface area contributed by atoms with Gasteiger partial charge >= 0.3 is 0 Å². The monoisotopic (exact) mass is 271 g/mol. The summed E-state index contributed by atoms with van der Waals surface area (Å²) in [7, 11) is 0. The number of nitrogens with zero attached hydrogens (tertiary/aromatic N) is 3. The SMILES string of the molecule is CCN(Cc1cccc(C)n1)c1ccc(CO)c(C)n1. The first-order valence-corrected chi connectivity index (χ1v) is 6.89. The highest BCUT2D eigenvalue weighted by molar-refractivity contribution is 5.42. The second-order valence-electron chi connectivity index (χ2n) is 4.86. The molecule has 2 rings (SSSR count). The van der Waals surface area contributed by atoms with Gasteiger partial charge < -0.3 is 10.0 Å². The Morgan fingerprint density at radius 2 is 1.90 bits per heavy atom. The van der Waals surface area contributed by atoms with Crippen LogP contribution in [0.15, 0.2) is 30.3 Å². The Morgan fingerprint density at radius 3 is 2.50 bits per heavy atom. The van der Waals surface area contributed by atoms with Crippen molar-refractivity contribution in [1.82, 2.24) is 9.97 Å². The fraction of sp³-hybridized carbons (Fsp3) is 0.375. The number of aliphatic hydroxyl groups excluding tert-OH is 1. The first-order valence-electron chi connectivity index (χ1n) is 6.89. The van der Waals surface area contributed by atoms with Gasteiger partial charge in [0.15, 0.2) is 0 Å². The predicted octanol–water partition coefficient (Wildman–Crippen LogP) is 2.61. The van der Waals surface area contributed by atoms with Gasteiger partial charge in [-0.05, 0) is 44.5 Å². The van der Waals surface area contributed by atoms with E-state index in [-0.39, 0.29) is 6.61 Å². The molecule has 20 heavy (non-hydrogen) atoms. The Hall–Kier alpha value is -1.94. The molecule has 0 aliphatic carbocycles. The van der Waals surface area contributed by atoms with Crippen LogP contribution in [0.25, 0.3) is 0 Å². The molecule has 0 radical (unpaired) electrons. The van der Waals surface area contributed by atoms with E-state index in [1.165, 1.54) is 0 Å². The van der Waals surface area contributed by atoms with E-state index in [2.05, 4.69) is 21.8 Å². The summed E-state index contributed by atoms with van der Waals surface area (Å²) >= 11 is 0. The third kappa shape index (κ3) is 3.33. The predicted molar refractivity (Wildman–Crippen MR) is 80.6 cm³/mol. The number of rotatable bonds is 5. The molecule has 1 N–H and O–H groups in total. The van der Waals surface area contributed by atoms with Crippen molar-refractivity contribution in [3.63, 3.8) is 0 Å². The first-order chi connectivity index (χ1) is 9.63. The van der Waals surface area contributed by atoms with Crippen molar-refractivity contribution in [1.29, 1.82) is 0 Å². The van der Waals surface area contributed by atoms with Crippen molar-refractivity contribution in [3.8, 4) is 0 Å². The fourth-order valence-electron chi connectivity index (χ4n) is 2.16. The maximum Gasteiger partial charge on any atom is 0.129 e. The zero-order valence-electron chi connectivity index (χ0n) is 12.3. The van der Waals surface area contributed by atoms with E-state index in [0.717, 1.165) is 41.6 Å². The van der Waals surface area contributed by atoms with Crippen molar-refractivity contribution in [2.24, 2.45) is 0 Å². The minimum atomic E-state index is 0.0324. The van der Waals surface area contributed by atoms with Crippen LogP contribution in [0.2, 0.25) is 0 Å². The summed E-state index contributed by atoms with van der Waals surface area (Å²) in [6, 6.07) is 9.95. The molecule has 0 aliphatic heterocycles. The highest BCUT2D eigenvalue weighted by atomic mass is 16.3. The van der Waals surface area contributed by atoms with E-state index in [1.54, 1.807) is 0 Å². The molecule has 2 aromatic heterocycles. The molecule has 4 heteroatoms. The molecule has 0 aliphatic rings. The maximum atomic E-state index is 9.21. The van der Waals surface area contributed by atoms with E-state index < -0.39 is 0 Å². The minimum absolute atomic E-state index is 0.0324. The largest absolute Gasteiger partial charge is 0.392 e. The van der Waals surface area contributed by atoms with Crippen LogP contribution in [0.1, 0.15) is 29.6 Å². The Bertz CT molecular complexity index is 584. The minimum Gasteiger partial charge on any atom is -0.392 e. The Labute approximate surface area is 120 Å². The van der Waals surface area contributed by atoms with Crippen LogP contribution >= 0.6 is 0 Å². The summed E-state index contributed by atoms with van der Waals surface area (Å²) in [5.74, 6) is 0.922. The van der Waals surface area contributed by atoms with E-state index in [0.29, 0.717) is 0 Å². The molecule has 0 bridgehead atoms. The molecule has 106 valence electrons. The van der Waals surface area contributed by atoms with Crippen LogP contribution in [-0.2, 0) is 13.2 Å². The number of aryl methyl sites for hydroxylation is 2. The lowest BCUT2D eigenvalue weighted by molar-refractivity contribution is 0.280. The smallest absolute Gasteiger partial charge is 0.129 e. The molecule has 2 heterocycles. The highest BCUT2D eigenvalue weighted by Gasteiger charge is 2.09. The van der Waals surface area contributed by atoms with Crippen molar-refractivity contribution < 1.29 is 5.11 Å². The van der Waals surface area contributed by atoms with Crippen molar-refractivity contribution >= 4 is 5.82 Å². The molecule has 4 nitrogen and oxygen atoms in total.